The minimum Gasteiger partial charge on any atom is -0.396 e. The molecule has 9 heteroatoms. The van der Waals surface area contributed by atoms with Crippen molar-refractivity contribution in [2.45, 2.75) is 62.9 Å². The first-order valence-electron chi connectivity index (χ1n) is 16.2. The molecule has 1 aromatic carbocycles. The van der Waals surface area contributed by atoms with E-state index in [9.17, 15) is 13.9 Å². The lowest BCUT2D eigenvalue weighted by molar-refractivity contribution is -0.0506. The number of alkyl halides is 1. The van der Waals surface area contributed by atoms with Gasteiger partial charge in [0, 0.05) is 41.6 Å². The van der Waals surface area contributed by atoms with Crippen LogP contribution in [0.3, 0.4) is 0 Å². The quantitative estimate of drug-likeness (QED) is 0.262. The fourth-order valence-electron chi connectivity index (χ4n) is 8.33. The molecule has 234 valence electrons. The molecule has 7 aliphatic rings. The van der Waals surface area contributed by atoms with Crippen molar-refractivity contribution < 1.29 is 13.9 Å². The highest BCUT2D eigenvalue weighted by Crippen LogP contribution is 2.53. The minimum absolute atomic E-state index is 0.212. The Kier molecular flexibility index (Phi) is 8.88. The zero-order valence-corrected chi connectivity index (χ0v) is 26.7. The number of thioether (sulfide) groups is 1. The van der Waals surface area contributed by atoms with Gasteiger partial charge in [-0.2, -0.15) is 0 Å². The largest absolute Gasteiger partial charge is 0.396 e. The lowest BCUT2D eigenvalue weighted by atomic mass is 9.54. The van der Waals surface area contributed by atoms with Crippen LogP contribution in [0.5, 0.6) is 0 Å². The lowest BCUT2D eigenvalue weighted by Gasteiger charge is -2.52. The molecule has 5 nitrogen and oxygen atoms in total. The fourth-order valence-corrected chi connectivity index (χ4v) is 9.55. The highest BCUT2D eigenvalue weighted by Gasteiger charge is 2.46. The summed E-state index contributed by atoms with van der Waals surface area (Å²) in [4.78, 5) is 12.6. The van der Waals surface area contributed by atoms with Gasteiger partial charge in [-0.1, -0.05) is 23.7 Å². The predicted octanol–water partition coefficient (Wildman–Crippen LogP) is 7.41. The molecule has 2 bridgehead atoms. The normalized spacial score (nSPS) is 34.0. The van der Waals surface area contributed by atoms with Gasteiger partial charge in [0.2, 0.25) is 0 Å². The van der Waals surface area contributed by atoms with Crippen molar-refractivity contribution >= 4 is 34.9 Å². The maximum Gasteiger partial charge on any atom is 0.124 e. The Balaban J connectivity index is 1.14. The number of nitrogens with one attached hydrogen (secondary N) is 1. The van der Waals surface area contributed by atoms with Gasteiger partial charge in [-0.05, 0) is 117 Å². The van der Waals surface area contributed by atoms with Crippen LogP contribution in [0.25, 0.3) is 0 Å². The number of aliphatic imine (C=N–C) groups is 2. The molecule has 3 saturated carbocycles. The van der Waals surface area contributed by atoms with Crippen molar-refractivity contribution in [1.82, 2.24) is 10.2 Å². The van der Waals surface area contributed by atoms with Gasteiger partial charge >= 0.3 is 0 Å². The lowest BCUT2D eigenvalue weighted by Crippen LogP contribution is -2.46. The predicted molar refractivity (Wildman–Crippen MR) is 176 cm³/mol. The summed E-state index contributed by atoms with van der Waals surface area (Å²) >= 11 is 8.47. The van der Waals surface area contributed by atoms with E-state index in [0.29, 0.717) is 29.2 Å². The van der Waals surface area contributed by atoms with Gasteiger partial charge in [0.1, 0.15) is 23.9 Å². The van der Waals surface area contributed by atoms with Crippen LogP contribution in [0.1, 0.15) is 57.1 Å². The summed E-state index contributed by atoms with van der Waals surface area (Å²) in [7, 11) is 0. The molecule has 0 spiro atoms. The van der Waals surface area contributed by atoms with Crippen LogP contribution in [-0.4, -0.2) is 59.2 Å². The highest BCUT2D eigenvalue weighted by molar-refractivity contribution is 8.03. The van der Waals surface area contributed by atoms with Crippen LogP contribution < -0.4 is 5.32 Å². The van der Waals surface area contributed by atoms with E-state index in [1.165, 1.54) is 56.5 Å². The smallest absolute Gasteiger partial charge is 0.124 e. The Morgan fingerprint density at radius 3 is 2.77 bits per heavy atom. The molecule has 1 saturated heterocycles. The molecular formula is C35H41ClF2N4OS. The number of amidine groups is 1. The molecule has 1 aromatic rings. The summed E-state index contributed by atoms with van der Waals surface area (Å²) in [5.74, 6) is 3.86. The molecule has 8 rings (SSSR count). The molecule has 4 heterocycles. The molecule has 4 fully saturated rings. The van der Waals surface area contributed by atoms with Crippen molar-refractivity contribution in [2.24, 2.45) is 39.6 Å². The van der Waals surface area contributed by atoms with Gasteiger partial charge in [-0.25, -0.2) is 13.8 Å². The molecule has 3 aliphatic carbocycles. The fraction of sp³-hybridized carbons (Fsp3) is 0.543. The average molecular weight is 639 g/mol. The van der Waals surface area contributed by atoms with Crippen molar-refractivity contribution in [3.63, 3.8) is 0 Å². The maximum atomic E-state index is 14.1. The van der Waals surface area contributed by atoms with E-state index >= 15 is 0 Å². The van der Waals surface area contributed by atoms with Crippen LogP contribution in [0, 0.1) is 35.4 Å². The molecule has 0 radical (unpaired) electrons. The first kappa shape index (κ1) is 30.4. The third-order valence-corrected chi connectivity index (χ3v) is 11.8. The highest BCUT2D eigenvalue weighted by atomic mass is 35.5. The first-order valence-corrected chi connectivity index (χ1v) is 17.5. The van der Waals surface area contributed by atoms with Crippen molar-refractivity contribution in [1.29, 1.82) is 0 Å². The number of rotatable bonds is 10. The Bertz CT molecular complexity index is 1450. The molecule has 44 heavy (non-hydrogen) atoms. The van der Waals surface area contributed by atoms with Crippen LogP contribution >= 0.6 is 23.4 Å². The van der Waals surface area contributed by atoms with Gasteiger partial charge in [-0.3, -0.25) is 4.99 Å². The van der Waals surface area contributed by atoms with E-state index in [1.807, 2.05) is 12.2 Å². The van der Waals surface area contributed by atoms with E-state index in [0.717, 1.165) is 72.9 Å². The van der Waals surface area contributed by atoms with Crippen LogP contribution in [0.2, 0.25) is 5.02 Å². The number of allylic oxidation sites excluding steroid dienone is 5. The number of hydrogen-bond acceptors (Lipinski definition) is 6. The van der Waals surface area contributed by atoms with Gasteiger partial charge in [0.25, 0.3) is 0 Å². The molecule has 0 aromatic heterocycles. The second-order valence-electron chi connectivity index (χ2n) is 13.4. The van der Waals surface area contributed by atoms with Crippen LogP contribution in [0.15, 0.2) is 74.9 Å². The second kappa shape index (κ2) is 12.9. The zero-order valence-electron chi connectivity index (χ0n) is 25.1. The standard InChI is InChI=1S/C35H41ClF2N4OS/c1-20(37)11-26-5-7-30(40-26)33-31-14-22(17-39-9-8-21-12-23-15-24(13-21)28(23)19-43)18-42(31)35(32-3-2-10-44-32)41-34(33)27-6-4-25(38)16-29(27)36/h2,4-7,10-11,16,20-24,28,32,34,39,43H,3,8-9,12-15,17-19H2,1H3/b26-11-/t20?,21?,22-,23?,24?,28?,32?,34+/m1/s1. The van der Waals surface area contributed by atoms with Crippen molar-refractivity contribution in [2.75, 3.05) is 26.2 Å². The summed E-state index contributed by atoms with van der Waals surface area (Å²) in [5, 5.41) is 16.1. The molecule has 6 atom stereocenters. The summed E-state index contributed by atoms with van der Waals surface area (Å²) in [6.07, 6.45) is 13.3. The summed E-state index contributed by atoms with van der Waals surface area (Å²) in [6.45, 7) is 4.67. The van der Waals surface area contributed by atoms with E-state index < -0.39 is 12.2 Å². The summed E-state index contributed by atoms with van der Waals surface area (Å²) < 4.78 is 28.0. The Labute approximate surface area is 268 Å². The van der Waals surface area contributed by atoms with Gasteiger partial charge in [0.05, 0.1) is 16.7 Å². The number of halogens is 3. The Morgan fingerprint density at radius 1 is 1.20 bits per heavy atom. The summed E-state index contributed by atoms with van der Waals surface area (Å²) in [6, 6.07) is 4.12. The van der Waals surface area contributed by atoms with E-state index in [4.69, 9.17) is 21.6 Å². The number of benzene rings is 1. The number of hydrogen-bond donors (Lipinski definition) is 2. The van der Waals surface area contributed by atoms with Crippen molar-refractivity contribution in [3.05, 3.63) is 81.3 Å². The number of aliphatic hydroxyl groups excluding tert-OH is 1. The molecule has 4 unspecified atom stereocenters. The van der Waals surface area contributed by atoms with Gasteiger partial charge < -0.3 is 15.3 Å². The summed E-state index contributed by atoms with van der Waals surface area (Å²) in [5.41, 5.74) is 4.30. The zero-order chi connectivity index (χ0) is 30.4. The van der Waals surface area contributed by atoms with Crippen molar-refractivity contribution in [3.8, 4) is 0 Å². The van der Waals surface area contributed by atoms with Crippen LogP contribution in [0.4, 0.5) is 8.78 Å². The van der Waals surface area contributed by atoms with E-state index in [-0.39, 0.29) is 11.1 Å². The number of aliphatic hydroxyl groups is 1. The Morgan fingerprint density at radius 2 is 2.05 bits per heavy atom. The van der Waals surface area contributed by atoms with E-state index in [1.54, 1.807) is 17.8 Å². The third-order valence-electron chi connectivity index (χ3n) is 10.4. The molecule has 2 N–H and O–H groups in total. The second-order valence-corrected chi connectivity index (χ2v) is 14.9. The van der Waals surface area contributed by atoms with Crippen LogP contribution in [-0.2, 0) is 0 Å². The maximum absolute atomic E-state index is 14.1. The molecule has 4 aliphatic heterocycles. The molecular weight excluding hydrogens is 598 g/mol. The third kappa shape index (κ3) is 6.00. The Hall–Kier alpha value is -2.26. The van der Waals surface area contributed by atoms with Gasteiger partial charge in [-0.15, -0.1) is 11.8 Å². The molecule has 0 amide bonds. The number of nitrogens with zero attached hydrogens (tertiary/aromatic N) is 3. The monoisotopic (exact) mass is 638 g/mol. The first-order chi connectivity index (χ1) is 21.4. The minimum atomic E-state index is -1.10. The van der Waals surface area contributed by atoms with Gasteiger partial charge in [0.15, 0.2) is 0 Å². The number of fused-ring (bicyclic) bond motifs is 3. The SMILES string of the molecule is CC(F)/C=C1/C=CC(C2=C3C[C@H](CNCCC4CC5CC(C4)C5CO)CN3C(C3CC=CS3)=N[C@H]2c2ccc(F)cc2Cl)=N1. The average Bonchev–Trinajstić information content (AvgIpc) is 3.76. The van der Waals surface area contributed by atoms with E-state index in [2.05, 4.69) is 21.7 Å². The topological polar surface area (TPSA) is 60.2 Å².